The van der Waals surface area contributed by atoms with E-state index in [9.17, 15) is 9.90 Å². The first kappa shape index (κ1) is 23.7. The molecule has 0 unspecified atom stereocenters. The van der Waals surface area contributed by atoms with Gasteiger partial charge in [-0.2, -0.15) is 0 Å². The quantitative estimate of drug-likeness (QED) is 0.607. The molecule has 7 nitrogen and oxygen atoms in total. The highest BCUT2D eigenvalue weighted by Crippen LogP contribution is 2.50. The molecule has 1 aromatic heterocycles. The topological polar surface area (TPSA) is 78.8 Å². The largest absolute Gasteiger partial charge is 0.489 e. The van der Waals surface area contributed by atoms with Crippen molar-refractivity contribution in [3.8, 4) is 5.75 Å². The fraction of sp³-hybridized carbons (Fsp3) is 0.522. The van der Waals surface area contributed by atoms with Crippen molar-refractivity contribution in [2.45, 2.75) is 41.8 Å². The highest BCUT2D eigenvalue weighted by Gasteiger charge is 2.53. The van der Waals surface area contributed by atoms with E-state index in [4.69, 9.17) is 39.9 Å². The van der Waals surface area contributed by atoms with Gasteiger partial charge in [0, 0.05) is 17.3 Å². The van der Waals surface area contributed by atoms with E-state index in [1.54, 1.807) is 24.5 Å². The van der Waals surface area contributed by atoms with Crippen LogP contribution in [0.4, 0.5) is 5.69 Å². The van der Waals surface area contributed by atoms with Gasteiger partial charge >= 0.3 is 0 Å². The second-order valence-corrected chi connectivity index (χ2v) is 10.1. The Bertz CT molecular complexity index is 1080. The molecule has 5 rings (SSSR count). The molecule has 1 N–H and O–H groups in total. The number of nitrogens with zero attached hydrogens (tertiary/aromatic N) is 4. The minimum atomic E-state index is -1.79. The first-order valence-corrected chi connectivity index (χ1v) is 11.9. The molecule has 1 aliphatic carbocycles. The van der Waals surface area contributed by atoms with Crippen LogP contribution in [0.25, 0.3) is 0 Å². The Balaban J connectivity index is 1.20. The first-order chi connectivity index (χ1) is 16.2. The normalized spacial score (nSPS) is 21.0. The molecule has 2 fully saturated rings. The lowest BCUT2D eigenvalue weighted by atomic mass is 9.48. The molecule has 3 heterocycles. The Morgan fingerprint density at radius 3 is 2.38 bits per heavy atom. The van der Waals surface area contributed by atoms with Crippen molar-refractivity contribution in [3.05, 3.63) is 47.0 Å². The number of rotatable bonds is 7. The average Bonchev–Trinajstić information content (AvgIpc) is 3.57. The summed E-state index contributed by atoms with van der Waals surface area (Å²) in [6, 6.07) is 5.29. The fourth-order valence-corrected chi connectivity index (χ4v) is 5.28. The number of fused-ring (bicyclic) bond motifs is 2. The van der Waals surface area contributed by atoms with Crippen LogP contribution in [0.5, 0.6) is 5.75 Å². The molecule has 0 bridgehead atoms. The van der Waals surface area contributed by atoms with Gasteiger partial charge in [0.1, 0.15) is 12.4 Å². The summed E-state index contributed by atoms with van der Waals surface area (Å²) in [6.07, 6.45) is 6.36. The number of benzene rings is 1. The molecule has 6 radical (unpaired) electrons. The van der Waals surface area contributed by atoms with E-state index in [0.29, 0.717) is 61.4 Å². The Morgan fingerprint density at radius 1 is 1.12 bits per heavy atom. The van der Waals surface area contributed by atoms with E-state index in [2.05, 4.69) is 14.9 Å². The van der Waals surface area contributed by atoms with Gasteiger partial charge < -0.3 is 14.7 Å². The van der Waals surface area contributed by atoms with E-state index in [1.807, 2.05) is 6.07 Å². The summed E-state index contributed by atoms with van der Waals surface area (Å²) in [5.74, 6) is 1.10. The number of halogens is 1. The van der Waals surface area contributed by atoms with Gasteiger partial charge in [0.05, 0.1) is 53.4 Å². The highest BCUT2D eigenvalue weighted by molar-refractivity contribution is 6.62. The monoisotopic (exact) mass is 472 g/mol. The summed E-state index contributed by atoms with van der Waals surface area (Å²) in [6.45, 7) is 2.66. The Morgan fingerprint density at radius 2 is 1.79 bits per heavy atom. The van der Waals surface area contributed by atoms with Crippen molar-refractivity contribution in [3.63, 3.8) is 0 Å². The third-order valence-corrected chi connectivity index (χ3v) is 7.59. The summed E-state index contributed by atoms with van der Waals surface area (Å²) in [5.41, 5.74) is 0.461. The smallest absolute Gasteiger partial charge is 0.236 e. The summed E-state index contributed by atoms with van der Waals surface area (Å²) in [5, 5.41) is 8.28. The van der Waals surface area contributed by atoms with E-state index >= 15 is 0 Å². The van der Waals surface area contributed by atoms with Gasteiger partial charge in [0.25, 0.3) is 0 Å². The number of hydrogen-bond acceptors (Lipinski definition) is 6. The van der Waals surface area contributed by atoms with Crippen molar-refractivity contribution >= 4 is 46.7 Å². The van der Waals surface area contributed by atoms with E-state index < -0.39 is 10.7 Å². The standard InChI is InChI=1S/C23H24B3ClN4O3/c24-23(25,26)31-18-2-1-15(27)11-17(18)22(20(31)33)5-7-30(8-6-22)9-10-34-16-12-28-19(29-13-16)21(14-32)3-4-21/h1-2,11-13,32H,3-10,14H2. The molecule has 170 valence electrons. The van der Waals surface area contributed by atoms with Crippen LogP contribution in [-0.4, -0.2) is 87.5 Å². The summed E-state index contributed by atoms with van der Waals surface area (Å²) in [7, 11) is 17.8. The lowest BCUT2D eigenvalue weighted by Gasteiger charge is -2.40. The van der Waals surface area contributed by atoms with Crippen molar-refractivity contribution < 1.29 is 14.6 Å². The number of carbonyl (C=O) groups excluding carboxylic acids is 1. The average molecular weight is 472 g/mol. The number of anilines is 1. The third-order valence-electron chi connectivity index (χ3n) is 7.36. The summed E-state index contributed by atoms with van der Waals surface area (Å²) < 4.78 is 5.83. The Labute approximate surface area is 208 Å². The molecule has 1 aromatic carbocycles. The molecule has 1 saturated heterocycles. The maximum Gasteiger partial charge on any atom is 0.236 e. The number of aromatic nitrogens is 2. The zero-order valence-corrected chi connectivity index (χ0v) is 19.7. The molecular weight excluding hydrogens is 448 g/mol. The number of piperidine rings is 1. The van der Waals surface area contributed by atoms with Gasteiger partial charge in [-0.3, -0.25) is 9.69 Å². The van der Waals surface area contributed by atoms with Crippen LogP contribution in [0.2, 0.25) is 5.02 Å². The molecule has 34 heavy (non-hydrogen) atoms. The maximum absolute atomic E-state index is 13.5. The SMILES string of the molecule is [B]C([B])([B])N1C(=O)C2(CCN(CCOc3cnc(C4(CO)CC4)nc3)CC2)c2cc(Cl)ccc21. The van der Waals surface area contributed by atoms with E-state index in [-0.39, 0.29) is 17.9 Å². The van der Waals surface area contributed by atoms with Gasteiger partial charge in [-0.25, -0.2) is 9.97 Å². The lowest BCUT2D eigenvalue weighted by molar-refractivity contribution is -0.125. The fourth-order valence-electron chi connectivity index (χ4n) is 5.11. The highest BCUT2D eigenvalue weighted by atomic mass is 35.5. The van der Waals surface area contributed by atoms with Crippen LogP contribution >= 0.6 is 11.6 Å². The number of amides is 1. The molecule has 2 aliphatic heterocycles. The van der Waals surface area contributed by atoms with Crippen LogP contribution in [0.1, 0.15) is 37.1 Å². The molecule has 0 atom stereocenters. The van der Waals surface area contributed by atoms with Gasteiger partial charge in [0.2, 0.25) is 5.91 Å². The van der Waals surface area contributed by atoms with Gasteiger partial charge in [0.15, 0.2) is 5.75 Å². The van der Waals surface area contributed by atoms with Gasteiger partial charge in [-0.1, -0.05) is 16.8 Å². The van der Waals surface area contributed by atoms with Crippen molar-refractivity contribution in [1.29, 1.82) is 0 Å². The second-order valence-electron chi connectivity index (χ2n) is 9.64. The predicted molar refractivity (Wildman–Crippen MR) is 132 cm³/mol. The summed E-state index contributed by atoms with van der Waals surface area (Å²) >= 11 is 6.26. The number of aliphatic hydroxyl groups excluding tert-OH is 1. The minimum absolute atomic E-state index is 0.0728. The van der Waals surface area contributed by atoms with Crippen molar-refractivity contribution in [1.82, 2.24) is 14.9 Å². The molecule has 3 aliphatic rings. The molecule has 11 heteroatoms. The molecule has 1 amide bonds. The lowest BCUT2D eigenvalue weighted by Crippen LogP contribution is -2.57. The van der Waals surface area contributed by atoms with Gasteiger partial charge in [-0.05, 0) is 62.5 Å². The number of aliphatic hydroxyl groups is 1. The Kier molecular flexibility index (Phi) is 5.98. The van der Waals surface area contributed by atoms with Crippen LogP contribution in [0.3, 0.4) is 0 Å². The molecule has 1 spiro atoms. The number of ether oxygens (including phenoxy) is 1. The van der Waals surface area contributed by atoms with Crippen LogP contribution in [0, 0.1) is 0 Å². The third kappa shape index (κ3) is 4.03. The van der Waals surface area contributed by atoms with Crippen LogP contribution in [0.15, 0.2) is 30.6 Å². The summed E-state index contributed by atoms with van der Waals surface area (Å²) in [4.78, 5) is 25.8. The first-order valence-electron chi connectivity index (χ1n) is 11.5. The molecule has 1 saturated carbocycles. The van der Waals surface area contributed by atoms with Gasteiger partial charge in [-0.15, -0.1) is 0 Å². The number of hydrogen-bond donors (Lipinski definition) is 1. The minimum Gasteiger partial charge on any atom is -0.489 e. The molecule has 2 aromatic rings. The van der Waals surface area contributed by atoms with E-state index in [1.165, 1.54) is 4.90 Å². The van der Waals surface area contributed by atoms with E-state index in [0.717, 1.165) is 18.4 Å². The van der Waals surface area contributed by atoms with Crippen LogP contribution in [-0.2, 0) is 15.6 Å². The maximum atomic E-state index is 13.5. The van der Waals surface area contributed by atoms with Crippen LogP contribution < -0.4 is 9.64 Å². The Hall–Kier alpha value is -2.03. The number of carbonyl (C=O) groups is 1. The predicted octanol–water partition coefficient (Wildman–Crippen LogP) is 1.03. The van der Waals surface area contributed by atoms with Crippen molar-refractivity contribution in [2.75, 3.05) is 37.7 Å². The zero-order chi connectivity index (χ0) is 24.1. The zero-order valence-electron chi connectivity index (χ0n) is 18.9. The second kappa shape index (κ2) is 8.57. The number of likely N-dealkylation sites (tertiary alicyclic amines) is 1. The molecular formula is C23H24B3ClN4O3. The van der Waals surface area contributed by atoms with Crippen molar-refractivity contribution in [2.24, 2.45) is 0 Å².